The lowest BCUT2D eigenvalue weighted by Gasteiger charge is -2.32. The first-order valence-electron chi connectivity index (χ1n) is 10.8. The lowest BCUT2D eigenvalue weighted by molar-refractivity contribution is -0.121. The fourth-order valence-electron chi connectivity index (χ4n) is 4.20. The Labute approximate surface area is 185 Å². The van der Waals surface area contributed by atoms with Crippen molar-refractivity contribution in [2.75, 3.05) is 18.4 Å². The molecule has 0 saturated carbocycles. The zero-order chi connectivity index (χ0) is 21.9. The molecular weight excluding hydrogens is 402 g/mol. The number of para-hydroxylation sites is 1. The van der Waals surface area contributed by atoms with Gasteiger partial charge in [-0.05, 0) is 43.2 Å². The molecule has 32 heavy (non-hydrogen) atoms. The Morgan fingerprint density at radius 2 is 1.72 bits per heavy atom. The number of benzene rings is 3. The molecule has 2 amide bonds. The molecule has 4 aromatic rings. The number of nitrogens with zero attached hydrogens (tertiary/aromatic N) is 2. The molecule has 1 saturated heterocycles. The van der Waals surface area contributed by atoms with Gasteiger partial charge in [0.25, 0.3) is 5.91 Å². The van der Waals surface area contributed by atoms with Crippen molar-refractivity contribution in [3.63, 3.8) is 0 Å². The summed E-state index contributed by atoms with van der Waals surface area (Å²) in [6.45, 7) is 1.05. The van der Waals surface area contributed by atoms with E-state index in [9.17, 15) is 9.59 Å². The Morgan fingerprint density at radius 3 is 2.50 bits per heavy atom. The number of carbonyl (C=O) groups excluding carboxylic acids is 2. The topological polar surface area (TPSA) is 75.4 Å². The van der Waals surface area contributed by atoms with Crippen LogP contribution in [0.15, 0.2) is 83.4 Å². The molecule has 1 fully saturated rings. The van der Waals surface area contributed by atoms with Crippen molar-refractivity contribution in [2.45, 2.75) is 12.8 Å². The lowest BCUT2D eigenvalue weighted by atomic mass is 9.96. The van der Waals surface area contributed by atoms with Crippen molar-refractivity contribution in [3.05, 3.63) is 84.4 Å². The number of fused-ring (bicyclic) bond motifs is 1. The summed E-state index contributed by atoms with van der Waals surface area (Å²) < 4.78 is 5.56. The van der Waals surface area contributed by atoms with Crippen molar-refractivity contribution < 1.29 is 14.1 Å². The van der Waals surface area contributed by atoms with Crippen LogP contribution in [-0.4, -0.2) is 35.0 Å². The molecule has 0 bridgehead atoms. The Kier molecular flexibility index (Phi) is 5.42. The molecule has 0 aliphatic carbocycles. The summed E-state index contributed by atoms with van der Waals surface area (Å²) >= 11 is 0. The van der Waals surface area contributed by atoms with Crippen LogP contribution in [0.4, 0.5) is 5.69 Å². The van der Waals surface area contributed by atoms with Gasteiger partial charge >= 0.3 is 0 Å². The molecule has 1 N–H and O–H groups in total. The maximum Gasteiger partial charge on any atom is 0.253 e. The number of rotatable bonds is 4. The molecule has 160 valence electrons. The summed E-state index contributed by atoms with van der Waals surface area (Å²) in [5, 5.41) is 7.89. The Bertz CT molecular complexity index is 1250. The van der Waals surface area contributed by atoms with E-state index in [2.05, 4.69) is 10.5 Å². The number of anilines is 1. The molecule has 2 heterocycles. The van der Waals surface area contributed by atoms with Crippen molar-refractivity contribution >= 4 is 28.4 Å². The van der Waals surface area contributed by atoms with Crippen molar-refractivity contribution in [3.8, 4) is 11.3 Å². The van der Waals surface area contributed by atoms with Crippen LogP contribution in [0.2, 0.25) is 0 Å². The molecular formula is C26H23N3O3. The van der Waals surface area contributed by atoms with E-state index in [0.717, 1.165) is 29.5 Å². The Balaban J connectivity index is 1.35. The van der Waals surface area contributed by atoms with E-state index in [1.165, 1.54) is 0 Å². The third kappa shape index (κ3) is 3.99. The standard InChI is InChI=1S/C26H23N3O3/c30-25(27-21-11-5-2-6-12-21)20-10-7-15-29(17-20)26(31)19-13-14-23-22(16-19)24(32-28-23)18-8-3-1-4-9-18/h1-6,8-9,11-14,16,20H,7,10,15,17H2,(H,27,30). The molecule has 6 heteroatoms. The van der Waals surface area contributed by atoms with E-state index in [1.807, 2.05) is 72.8 Å². The van der Waals surface area contributed by atoms with Crippen LogP contribution in [0.3, 0.4) is 0 Å². The minimum Gasteiger partial charge on any atom is -0.355 e. The number of likely N-dealkylation sites (tertiary alicyclic amines) is 1. The van der Waals surface area contributed by atoms with Gasteiger partial charge in [0.2, 0.25) is 5.91 Å². The van der Waals surface area contributed by atoms with Crippen LogP contribution in [-0.2, 0) is 4.79 Å². The summed E-state index contributed by atoms with van der Waals surface area (Å²) in [6, 6.07) is 24.5. The van der Waals surface area contributed by atoms with E-state index >= 15 is 0 Å². The van der Waals surface area contributed by atoms with Gasteiger partial charge in [-0.1, -0.05) is 53.7 Å². The summed E-state index contributed by atoms with van der Waals surface area (Å²) in [5.74, 6) is 0.292. The first kappa shape index (κ1) is 20.0. The third-order valence-corrected chi connectivity index (χ3v) is 5.88. The predicted octanol–water partition coefficient (Wildman–Crippen LogP) is 4.99. The highest BCUT2D eigenvalue weighted by Gasteiger charge is 2.29. The van der Waals surface area contributed by atoms with Gasteiger partial charge < -0.3 is 14.7 Å². The number of carbonyl (C=O) groups is 2. The second kappa shape index (κ2) is 8.67. The fraction of sp³-hybridized carbons (Fsp3) is 0.192. The highest BCUT2D eigenvalue weighted by atomic mass is 16.5. The van der Waals surface area contributed by atoms with Crippen LogP contribution >= 0.6 is 0 Å². The minimum atomic E-state index is -0.230. The second-order valence-electron chi connectivity index (χ2n) is 8.06. The van der Waals surface area contributed by atoms with Gasteiger partial charge in [0.15, 0.2) is 5.76 Å². The number of amides is 2. The molecule has 1 aliphatic rings. The highest BCUT2D eigenvalue weighted by Crippen LogP contribution is 2.30. The average Bonchev–Trinajstić information content (AvgIpc) is 3.28. The zero-order valence-electron chi connectivity index (χ0n) is 17.5. The number of nitrogens with one attached hydrogen (secondary N) is 1. The Morgan fingerprint density at radius 1 is 0.969 bits per heavy atom. The van der Waals surface area contributed by atoms with Crippen LogP contribution in [0.5, 0.6) is 0 Å². The van der Waals surface area contributed by atoms with Crippen molar-refractivity contribution in [1.29, 1.82) is 0 Å². The van der Waals surface area contributed by atoms with E-state index in [1.54, 1.807) is 11.0 Å². The summed E-state index contributed by atoms with van der Waals surface area (Å²) in [6.07, 6.45) is 1.56. The molecule has 0 spiro atoms. The zero-order valence-corrected chi connectivity index (χ0v) is 17.5. The number of piperidine rings is 1. The summed E-state index contributed by atoms with van der Waals surface area (Å²) in [7, 11) is 0. The first-order chi connectivity index (χ1) is 15.7. The largest absolute Gasteiger partial charge is 0.355 e. The average molecular weight is 425 g/mol. The van der Waals surface area contributed by atoms with Gasteiger partial charge in [0, 0.05) is 29.9 Å². The van der Waals surface area contributed by atoms with Crippen LogP contribution in [0.1, 0.15) is 23.2 Å². The molecule has 5 rings (SSSR count). The van der Waals surface area contributed by atoms with Gasteiger partial charge in [-0.25, -0.2) is 0 Å². The SMILES string of the molecule is O=C(Nc1ccccc1)C1CCCN(C(=O)c2ccc3noc(-c4ccccc4)c3c2)C1. The smallest absolute Gasteiger partial charge is 0.253 e. The van der Waals surface area contributed by atoms with Gasteiger partial charge in [0.1, 0.15) is 5.52 Å². The third-order valence-electron chi connectivity index (χ3n) is 5.88. The van der Waals surface area contributed by atoms with E-state index in [0.29, 0.717) is 29.9 Å². The van der Waals surface area contributed by atoms with Crippen LogP contribution in [0, 0.1) is 5.92 Å². The maximum atomic E-state index is 13.3. The fourth-order valence-corrected chi connectivity index (χ4v) is 4.20. The number of hydrogen-bond acceptors (Lipinski definition) is 4. The Hall–Kier alpha value is -3.93. The molecule has 6 nitrogen and oxygen atoms in total. The van der Waals surface area contributed by atoms with Gasteiger partial charge in [0.05, 0.1) is 11.3 Å². The van der Waals surface area contributed by atoms with Gasteiger partial charge in [-0.2, -0.15) is 0 Å². The van der Waals surface area contributed by atoms with Crippen LogP contribution in [0.25, 0.3) is 22.2 Å². The summed E-state index contributed by atoms with van der Waals surface area (Å²) in [4.78, 5) is 27.8. The molecule has 1 aliphatic heterocycles. The lowest BCUT2D eigenvalue weighted by Crippen LogP contribution is -2.43. The molecule has 0 radical (unpaired) electrons. The molecule has 3 aromatic carbocycles. The molecule has 1 unspecified atom stereocenters. The van der Waals surface area contributed by atoms with E-state index < -0.39 is 0 Å². The normalized spacial score (nSPS) is 16.1. The predicted molar refractivity (Wildman–Crippen MR) is 123 cm³/mol. The minimum absolute atomic E-state index is 0.0467. The number of hydrogen-bond donors (Lipinski definition) is 1. The number of aromatic nitrogens is 1. The molecule has 1 atom stereocenters. The highest BCUT2D eigenvalue weighted by molar-refractivity contribution is 6.01. The van der Waals surface area contributed by atoms with E-state index in [4.69, 9.17) is 4.52 Å². The maximum absolute atomic E-state index is 13.3. The monoisotopic (exact) mass is 425 g/mol. The van der Waals surface area contributed by atoms with Gasteiger partial charge in [-0.3, -0.25) is 9.59 Å². The van der Waals surface area contributed by atoms with Gasteiger partial charge in [-0.15, -0.1) is 0 Å². The van der Waals surface area contributed by atoms with Crippen LogP contribution < -0.4 is 5.32 Å². The first-order valence-corrected chi connectivity index (χ1v) is 10.8. The summed E-state index contributed by atoms with van der Waals surface area (Å²) in [5.41, 5.74) is 2.96. The van der Waals surface area contributed by atoms with Crippen molar-refractivity contribution in [1.82, 2.24) is 10.1 Å². The van der Waals surface area contributed by atoms with Crippen molar-refractivity contribution in [2.24, 2.45) is 5.92 Å². The molecule has 1 aromatic heterocycles. The second-order valence-corrected chi connectivity index (χ2v) is 8.06. The quantitative estimate of drug-likeness (QED) is 0.500. The van der Waals surface area contributed by atoms with E-state index in [-0.39, 0.29) is 17.7 Å².